The summed E-state index contributed by atoms with van der Waals surface area (Å²) >= 11 is 6.39. The average molecular weight is 369 g/mol. The highest BCUT2D eigenvalue weighted by atomic mass is 35.5. The monoisotopic (exact) mass is 368 g/mol. The van der Waals surface area contributed by atoms with Gasteiger partial charge in [0.15, 0.2) is 0 Å². The van der Waals surface area contributed by atoms with Crippen LogP contribution >= 0.6 is 11.6 Å². The van der Waals surface area contributed by atoms with Crippen LogP contribution in [0.25, 0.3) is 0 Å². The van der Waals surface area contributed by atoms with Gasteiger partial charge < -0.3 is 4.90 Å². The molecule has 0 aliphatic carbocycles. The Morgan fingerprint density at radius 3 is 2.76 bits per heavy atom. The van der Waals surface area contributed by atoms with Crippen LogP contribution in [-0.4, -0.2) is 58.7 Å². The number of nitrogens with one attached hydrogen (secondary N) is 2. The number of amides is 2. The number of hydrazine groups is 1. The van der Waals surface area contributed by atoms with Crippen molar-refractivity contribution >= 4 is 23.4 Å². The van der Waals surface area contributed by atoms with Gasteiger partial charge in [0.25, 0.3) is 5.91 Å². The molecule has 0 aromatic heterocycles. The number of aryl methyl sites for hydroxylation is 1. The molecule has 8 heteroatoms. The fraction of sp³-hybridized carbons (Fsp3) is 0.529. The number of benzene rings is 1. The number of carbonyl (C=O) groups excluding carboxylic acids is 2. The normalized spacial score (nSPS) is 28.2. The van der Waals surface area contributed by atoms with Gasteiger partial charge in [-0.05, 0) is 37.1 Å². The van der Waals surface area contributed by atoms with Crippen LogP contribution in [0.1, 0.15) is 18.1 Å². The highest BCUT2D eigenvalue weighted by Crippen LogP contribution is 2.21. The van der Waals surface area contributed by atoms with E-state index in [0.29, 0.717) is 19.6 Å². The van der Waals surface area contributed by atoms with Gasteiger partial charge in [0, 0.05) is 25.7 Å². The number of carbonyl (C=O) groups is 2. The van der Waals surface area contributed by atoms with Crippen LogP contribution < -0.4 is 10.9 Å². The van der Waals surface area contributed by atoms with Crippen molar-refractivity contribution in [2.24, 2.45) is 0 Å². The van der Waals surface area contributed by atoms with Crippen molar-refractivity contribution in [3.63, 3.8) is 0 Å². The molecule has 3 rings (SSSR count). The van der Waals surface area contributed by atoms with E-state index in [9.17, 15) is 14.0 Å². The van der Waals surface area contributed by atoms with E-state index in [1.807, 2.05) is 18.7 Å². The number of hydrogen-bond donors (Lipinski definition) is 2. The van der Waals surface area contributed by atoms with Gasteiger partial charge in [-0.2, -0.15) is 0 Å². The minimum atomic E-state index is -0.531. The molecule has 2 heterocycles. The molecular weight excluding hydrogens is 347 g/mol. The number of halogens is 2. The third kappa shape index (κ3) is 3.78. The first-order valence-corrected chi connectivity index (χ1v) is 8.77. The number of nitrogens with zero attached hydrogens (tertiary/aromatic N) is 2. The molecule has 25 heavy (non-hydrogen) atoms. The zero-order valence-electron chi connectivity index (χ0n) is 14.3. The molecule has 3 unspecified atom stereocenters. The molecule has 2 aliphatic rings. The summed E-state index contributed by atoms with van der Waals surface area (Å²) in [4.78, 5) is 28.3. The maximum absolute atomic E-state index is 13.2. The SMILES string of the molecule is Cc1cc(F)ccc1CN1CCN(C2C(=O)NNC(C)C2Cl)CC1=O. The Morgan fingerprint density at radius 2 is 2.08 bits per heavy atom. The molecular formula is C17H22ClFN4O2. The lowest BCUT2D eigenvalue weighted by Gasteiger charge is -2.43. The zero-order valence-corrected chi connectivity index (χ0v) is 15.0. The summed E-state index contributed by atoms with van der Waals surface area (Å²) in [6, 6.07) is 3.97. The summed E-state index contributed by atoms with van der Waals surface area (Å²) < 4.78 is 13.2. The lowest BCUT2D eigenvalue weighted by molar-refractivity contribution is -0.141. The van der Waals surface area contributed by atoms with E-state index in [-0.39, 0.29) is 30.2 Å². The summed E-state index contributed by atoms with van der Waals surface area (Å²) in [5, 5.41) is -0.410. The summed E-state index contributed by atoms with van der Waals surface area (Å²) in [7, 11) is 0. The molecule has 136 valence electrons. The van der Waals surface area contributed by atoms with Crippen LogP contribution in [0, 0.1) is 12.7 Å². The van der Waals surface area contributed by atoms with Gasteiger partial charge in [0.1, 0.15) is 11.9 Å². The van der Waals surface area contributed by atoms with E-state index in [1.54, 1.807) is 11.0 Å². The van der Waals surface area contributed by atoms with E-state index >= 15 is 0 Å². The maximum Gasteiger partial charge on any atom is 0.253 e. The second kappa shape index (κ2) is 7.27. The molecule has 6 nitrogen and oxygen atoms in total. The summed E-state index contributed by atoms with van der Waals surface area (Å²) in [5.41, 5.74) is 7.19. The highest BCUT2D eigenvalue weighted by Gasteiger charge is 2.41. The molecule has 1 aromatic rings. The van der Waals surface area contributed by atoms with Gasteiger partial charge in [-0.15, -0.1) is 11.6 Å². The third-order valence-corrected chi connectivity index (χ3v) is 5.50. The molecule has 2 amide bonds. The molecule has 3 atom stereocenters. The number of alkyl halides is 1. The largest absolute Gasteiger partial charge is 0.336 e. The van der Waals surface area contributed by atoms with Crippen molar-refractivity contribution in [1.82, 2.24) is 20.7 Å². The fourth-order valence-electron chi connectivity index (χ4n) is 3.30. The van der Waals surface area contributed by atoms with Gasteiger partial charge in [0.2, 0.25) is 5.91 Å². The average Bonchev–Trinajstić information content (AvgIpc) is 2.56. The molecule has 0 bridgehead atoms. The van der Waals surface area contributed by atoms with E-state index in [4.69, 9.17) is 11.6 Å². The molecule has 2 N–H and O–H groups in total. The van der Waals surface area contributed by atoms with Gasteiger partial charge in [-0.1, -0.05) is 6.07 Å². The van der Waals surface area contributed by atoms with Gasteiger partial charge >= 0.3 is 0 Å². The Hall–Kier alpha value is -1.70. The first-order chi connectivity index (χ1) is 11.9. The fourth-order valence-corrected chi connectivity index (χ4v) is 3.63. The number of rotatable bonds is 3. The van der Waals surface area contributed by atoms with Crippen molar-refractivity contribution in [1.29, 1.82) is 0 Å². The Bertz CT molecular complexity index is 687. The van der Waals surface area contributed by atoms with Crippen molar-refractivity contribution in [2.45, 2.75) is 37.9 Å². The predicted molar refractivity (Wildman–Crippen MR) is 92.3 cm³/mol. The van der Waals surface area contributed by atoms with Gasteiger partial charge in [-0.3, -0.25) is 19.9 Å². The second-order valence-electron chi connectivity index (χ2n) is 6.67. The standard InChI is InChI=1S/C17H22ClFN4O2/c1-10-7-13(19)4-3-12(10)8-22-5-6-23(9-14(22)24)16-15(18)11(2)20-21-17(16)25/h3-4,7,11,15-16,20H,5-6,8-9H2,1-2H3,(H,21,25). The van der Waals surface area contributed by atoms with E-state index in [0.717, 1.165) is 11.1 Å². The molecule has 1 aromatic carbocycles. The lowest BCUT2D eigenvalue weighted by atomic mass is 10.0. The number of piperazine rings is 1. The Morgan fingerprint density at radius 1 is 1.32 bits per heavy atom. The Kier molecular flexibility index (Phi) is 5.27. The zero-order chi connectivity index (χ0) is 18.1. The first kappa shape index (κ1) is 18.1. The lowest BCUT2D eigenvalue weighted by Crippen LogP contribution is -2.68. The highest BCUT2D eigenvalue weighted by molar-refractivity contribution is 6.23. The van der Waals surface area contributed by atoms with Gasteiger partial charge in [0.05, 0.1) is 11.9 Å². The molecule has 2 fully saturated rings. The number of hydrogen-bond acceptors (Lipinski definition) is 4. The van der Waals surface area contributed by atoms with E-state index < -0.39 is 11.4 Å². The molecule has 2 aliphatic heterocycles. The van der Waals surface area contributed by atoms with E-state index in [1.165, 1.54) is 12.1 Å². The Labute approximate surface area is 151 Å². The molecule has 2 saturated heterocycles. The molecule has 0 saturated carbocycles. The van der Waals surface area contributed by atoms with Crippen LogP contribution in [0.3, 0.4) is 0 Å². The second-order valence-corrected chi connectivity index (χ2v) is 7.17. The Balaban J connectivity index is 1.66. The van der Waals surface area contributed by atoms with Crippen LogP contribution in [0.2, 0.25) is 0 Å². The predicted octanol–water partition coefficient (Wildman–Crippen LogP) is 0.777. The first-order valence-electron chi connectivity index (χ1n) is 8.33. The minimum absolute atomic E-state index is 0.0576. The third-order valence-electron chi connectivity index (χ3n) is 4.88. The van der Waals surface area contributed by atoms with Crippen LogP contribution in [0.5, 0.6) is 0 Å². The molecule has 0 spiro atoms. The molecule has 0 radical (unpaired) electrons. The smallest absolute Gasteiger partial charge is 0.253 e. The van der Waals surface area contributed by atoms with E-state index in [2.05, 4.69) is 10.9 Å². The van der Waals surface area contributed by atoms with Crippen molar-refractivity contribution < 1.29 is 14.0 Å². The summed E-state index contributed by atoms with van der Waals surface area (Å²) in [5.74, 6) is -0.553. The van der Waals surface area contributed by atoms with Crippen molar-refractivity contribution in [2.75, 3.05) is 19.6 Å². The summed E-state index contributed by atoms with van der Waals surface area (Å²) in [6.07, 6.45) is 0. The van der Waals surface area contributed by atoms with Gasteiger partial charge in [-0.25, -0.2) is 9.82 Å². The summed E-state index contributed by atoms with van der Waals surface area (Å²) in [6.45, 7) is 5.38. The minimum Gasteiger partial charge on any atom is -0.336 e. The maximum atomic E-state index is 13.2. The van der Waals surface area contributed by atoms with Crippen molar-refractivity contribution in [3.05, 3.63) is 35.1 Å². The topological polar surface area (TPSA) is 64.7 Å². The van der Waals surface area contributed by atoms with Crippen LogP contribution in [0.4, 0.5) is 4.39 Å². The van der Waals surface area contributed by atoms with Crippen LogP contribution in [-0.2, 0) is 16.1 Å². The van der Waals surface area contributed by atoms with Crippen molar-refractivity contribution in [3.8, 4) is 0 Å². The van der Waals surface area contributed by atoms with Crippen LogP contribution in [0.15, 0.2) is 18.2 Å². The quantitative estimate of drug-likeness (QED) is 0.774.